The topological polar surface area (TPSA) is 17.8 Å². The van der Waals surface area contributed by atoms with E-state index in [1.165, 1.54) is 12.1 Å². The predicted molar refractivity (Wildman–Crippen MR) is 74.5 cm³/mol. The van der Waals surface area contributed by atoms with E-state index in [-0.39, 0.29) is 6.04 Å². The Hall–Kier alpha value is -2.23. The Morgan fingerprint density at radius 3 is 2.70 bits per heavy atom. The number of imidazole rings is 1. The van der Waals surface area contributed by atoms with Crippen LogP contribution >= 0.6 is 0 Å². The van der Waals surface area contributed by atoms with E-state index in [1.54, 1.807) is 6.33 Å². The van der Waals surface area contributed by atoms with Gasteiger partial charge in [0.15, 0.2) is 0 Å². The summed E-state index contributed by atoms with van der Waals surface area (Å²) in [5.74, 6) is -1.08. The second-order valence-electron chi connectivity index (χ2n) is 4.73. The lowest BCUT2D eigenvalue weighted by Crippen LogP contribution is -2.10. The van der Waals surface area contributed by atoms with Gasteiger partial charge in [-0.3, -0.25) is 0 Å². The van der Waals surface area contributed by atoms with Gasteiger partial charge in [-0.15, -0.1) is 0 Å². The Morgan fingerprint density at radius 1 is 1.15 bits per heavy atom. The first-order valence-electron chi connectivity index (χ1n) is 6.57. The van der Waals surface area contributed by atoms with E-state index >= 15 is 0 Å². The number of fused-ring (bicyclic) bond motifs is 1. The van der Waals surface area contributed by atoms with Crippen molar-refractivity contribution < 1.29 is 8.78 Å². The van der Waals surface area contributed by atoms with Crippen LogP contribution in [0.5, 0.6) is 0 Å². The third kappa shape index (κ3) is 2.07. The van der Waals surface area contributed by atoms with E-state index < -0.39 is 11.6 Å². The fraction of sp³-hybridized carbons (Fsp3) is 0.188. The number of hydrogen-bond donors (Lipinski definition) is 0. The average molecular weight is 272 g/mol. The second kappa shape index (κ2) is 5.04. The van der Waals surface area contributed by atoms with Gasteiger partial charge in [-0.05, 0) is 24.6 Å². The maximum Gasteiger partial charge on any atom is 0.131 e. The highest BCUT2D eigenvalue weighted by Gasteiger charge is 2.18. The van der Waals surface area contributed by atoms with Crippen molar-refractivity contribution in [3.63, 3.8) is 0 Å². The van der Waals surface area contributed by atoms with E-state index in [2.05, 4.69) is 4.98 Å². The third-order valence-electron chi connectivity index (χ3n) is 3.53. The van der Waals surface area contributed by atoms with E-state index in [9.17, 15) is 8.78 Å². The summed E-state index contributed by atoms with van der Waals surface area (Å²) in [4.78, 5) is 4.33. The van der Waals surface area contributed by atoms with Crippen LogP contribution < -0.4 is 0 Å². The third-order valence-corrected chi connectivity index (χ3v) is 3.53. The van der Waals surface area contributed by atoms with Crippen LogP contribution in [-0.2, 0) is 0 Å². The molecule has 3 aromatic rings. The number of aromatic nitrogens is 2. The number of halogens is 2. The molecular formula is C16H14F2N2. The van der Waals surface area contributed by atoms with Gasteiger partial charge < -0.3 is 4.57 Å². The highest BCUT2D eigenvalue weighted by atomic mass is 19.1. The molecule has 1 unspecified atom stereocenters. The molecule has 0 aliphatic heterocycles. The fourth-order valence-electron chi connectivity index (χ4n) is 2.56. The van der Waals surface area contributed by atoms with E-state index in [0.717, 1.165) is 17.1 Å². The van der Waals surface area contributed by atoms with Gasteiger partial charge >= 0.3 is 0 Å². The summed E-state index contributed by atoms with van der Waals surface area (Å²) in [6, 6.07) is 11.2. The second-order valence-corrected chi connectivity index (χ2v) is 4.73. The van der Waals surface area contributed by atoms with Crippen LogP contribution in [0.2, 0.25) is 0 Å². The lowest BCUT2D eigenvalue weighted by Gasteiger charge is -2.19. The van der Waals surface area contributed by atoms with Gasteiger partial charge in [0.05, 0.1) is 23.4 Å². The minimum Gasteiger partial charge on any atom is -0.323 e. The van der Waals surface area contributed by atoms with Crippen molar-refractivity contribution >= 4 is 11.0 Å². The molecular weight excluding hydrogens is 258 g/mol. The molecule has 0 N–H and O–H groups in total. The van der Waals surface area contributed by atoms with Gasteiger partial charge in [-0.2, -0.15) is 0 Å². The molecule has 1 atom stereocenters. The van der Waals surface area contributed by atoms with Crippen molar-refractivity contribution in [2.45, 2.75) is 19.4 Å². The van der Waals surface area contributed by atoms with E-state index in [0.29, 0.717) is 12.0 Å². The predicted octanol–water partition coefficient (Wildman–Crippen LogP) is 4.31. The maximum atomic E-state index is 14.0. The summed E-state index contributed by atoms with van der Waals surface area (Å²) in [6.07, 6.45) is 2.41. The first kappa shape index (κ1) is 12.8. The van der Waals surface area contributed by atoms with Gasteiger partial charge in [0.25, 0.3) is 0 Å². The molecule has 0 spiro atoms. The van der Waals surface area contributed by atoms with Crippen LogP contribution in [0.25, 0.3) is 11.0 Å². The van der Waals surface area contributed by atoms with Crippen molar-refractivity contribution in [1.82, 2.24) is 9.55 Å². The number of para-hydroxylation sites is 2. The standard InChI is InChI=1S/C16H14F2N2/c1-2-15(12-8-7-11(17)9-13(12)18)20-10-19-14-5-3-4-6-16(14)20/h3-10,15H,2H2,1H3. The van der Waals surface area contributed by atoms with E-state index in [1.807, 2.05) is 35.8 Å². The molecule has 1 heterocycles. The molecule has 2 aromatic carbocycles. The van der Waals surface area contributed by atoms with Crippen LogP contribution in [0.15, 0.2) is 48.8 Å². The molecule has 0 bridgehead atoms. The minimum atomic E-state index is -0.559. The maximum absolute atomic E-state index is 14.0. The van der Waals surface area contributed by atoms with Crippen LogP contribution in [0.3, 0.4) is 0 Å². The van der Waals surface area contributed by atoms with Gasteiger partial charge in [-0.1, -0.05) is 25.1 Å². The minimum absolute atomic E-state index is 0.192. The first-order valence-corrected chi connectivity index (χ1v) is 6.57. The smallest absolute Gasteiger partial charge is 0.131 e. The Kier molecular flexibility index (Phi) is 3.22. The van der Waals surface area contributed by atoms with Crippen molar-refractivity contribution in [3.8, 4) is 0 Å². The summed E-state index contributed by atoms with van der Waals surface area (Å²) < 4.78 is 29.0. The monoisotopic (exact) mass is 272 g/mol. The number of rotatable bonds is 3. The summed E-state index contributed by atoms with van der Waals surface area (Å²) in [5, 5.41) is 0. The Balaban J connectivity index is 2.14. The molecule has 0 saturated carbocycles. The van der Waals surface area contributed by atoms with Crippen molar-refractivity contribution in [3.05, 3.63) is 66.0 Å². The molecule has 0 amide bonds. The van der Waals surface area contributed by atoms with Gasteiger partial charge in [-0.25, -0.2) is 13.8 Å². The lowest BCUT2D eigenvalue weighted by molar-refractivity contribution is 0.516. The summed E-state index contributed by atoms with van der Waals surface area (Å²) in [6.45, 7) is 1.97. The highest BCUT2D eigenvalue weighted by Crippen LogP contribution is 2.28. The van der Waals surface area contributed by atoms with Gasteiger partial charge in [0.1, 0.15) is 11.6 Å². The zero-order valence-corrected chi connectivity index (χ0v) is 11.1. The first-order chi connectivity index (χ1) is 9.70. The highest BCUT2D eigenvalue weighted by molar-refractivity contribution is 5.75. The molecule has 1 aromatic heterocycles. The number of hydrogen-bond acceptors (Lipinski definition) is 1. The van der Waals surface area contributed by atoms with E-state index in [4.69, 9.17) is 0 Å². The Morgan fingerprint density at radius 2 is 1.95 bits per heavy atom. The molecule has 102 valence electrons. The molecule has 2 nitrogen and oxygen atoms in total. The van der Waals surface area contributed by atoms with Crippen molar-refractivity contribution in [2.75, 3.05) is 0 Å². The number of benzene rings is 2. The van der Waals surface area contributed by atoms with Crippen LogP contribution in [-0.4, -0.2) is 9.55 Å². The summed E-state index contributed by atoms with van der Waals surface area (Å²) >= 11 is 0. The van der Waals surface area contributed by atoms with Crippen LogP contribution in [0.1, 0.15) is 24.9 Å². The number of nitrogens with zero attached hydrogens (tertiary/aromatic N) is 2. The largest absolute Gasteiger partial charge is 0.323 e. The fourth-order valence-corrected chi connectivity index (χ4v) is 2.56. The quantitative estimate of drug-likeness (QED) is 0.694. The average Bonchev–Trinajstić information content (AvgIpc) is 2.86. The lowest BCUT2D eigenvalue weighted by atomic mass is 10.0. The summed E-state index contributed by atoms with van der Waals surface area (Å²) in [7, 11) is 0. The normalized spacial score (nSPS) is 12.8. The molecule has 4 heteroatoms. The summed E-state index contributed by atoms with van der Waals surface area (Å²) in [5.41, 5.74) is 2.30. The van der Waals surface area contributed by atoms with Crippen LogP contribution in [0, 0.1) is 11.6 Å². The Bertz CT molecular complexity index is 749. The zero-order chi connectivity index (χ0) is 14.1. The van der Waals surface area contributed by atoms with Crippen molar-refractivity contribution in [2.24, 2.45) is 0 Å². The SMILES string of the molecule is CCC(c1ccc(F)cc1F)n1cnc2ccccc21. The molecule has 0 radical (unpaired) electrons. The zero-order valence-electron chi connectivity index (χ0n) is 11.1. The molecule has 3 rings (SSSR count). The molecule has 0 aliphatic carbocycles. The molecule has 0 saturated heterocycles. The van der Waals surface area contributed by atoms with Gasteiger partial charge in [0, 0.05) is 11.6 Å². The molecule has 0 fully saturated rings. The molecule has 0 aliphatic rings. The Labute approximate surface area is 115 Å². The molecule has 20 heavy (non-hydrogen) atoms. The van der Waals surface area contributed by atoms with Crippen LogP contribution in [0.4, 0.5) is 8.78 Å². The van der Waals surface area contributed by atoms with Gasteiger partial charge in [0.2, 0.25) is 0 Å². The van der Waals surface area contributed by atoms with Crippen molar-refractivity contribution in [1.29, 1.82) is 0 Å².